The van der Waals surface area contributed by atoms with Crippen LogP contribution in [0.3, 0.4) is 0 Å². The van der Waals surface area contributed by atoms with Crippen molar-refractivity contribution in [1.82, 2.24) is 4.90 Å². The van der Waals surface area contributed by atoms with Crippen molar-refractivity contribution in [2.24, 2.45) is 0 Å². The van der Waals surface area contributed by atoms with Crippen LogP contribution in [0.2, 0.25) is 0 Å². The third-order valence-electron chi connectivity index (χ3n) is 4.18. The molecule has 1 saturated heterocycles. The Kier molecular flexibility index (Phi) is 5.85. The second kappa shape index (κ2) is 8.50. The normalized spacial score (nSPS) is 15.0. The first kappa shape index (κ1) is 16.5. The maximum Gasteiger partial charge on any atom is 0.238 e. The van der Waals surface area contributed by atoms with Gasteiger partial charge in [0.15, 0.2) is 0 Å². The number of anilines is 1. The summed E-state index contributed by atoms with van der Waals surface area (Å²) in [6.07, 6.45) is 3.66. The Morgan fingerprint density at radius 1 is 1.00 bits per heavy atom. The van der Waals surface area contributed by atoms with Gasteiger partial charge in [0.1, 0.15) is 12.4 Å². The van der Waals surface area contributed by atoms with Crippen molar-refractivity contribution >= 4 is 11.6 Å². The van der Waals surface area contributed by atoms with E-state index in [0.29, 0.717) is 13.2 Å². The third kappa shape index (κ3) is 5.10. The van der Waals surface area contributed by atoms with Crippen LogP contribution in [0.25, 0.3) is 0 Å². The van der Waals surface area contributed by atoms with E-state index in [-0.39, 0.29) is 5.91 Å². The van der Waals surface area contributed by atoms with Gasteiger partial charge >= 0.3 is 0 Å². The molecule has 1 aliphatic rings. The van der Waals surface area contributed by atoms with Crippen molar-refractivity contribution in [1.29, 1.82) is 0 Å². The molecule has 1 heterocycles. The lowest BCUT2D eigenvalue weighted by Gasteiger charge is -2.25. The highest BCUT2D eigenvalue weighted by molar-refractivity contribution is 5.92. The van der Waals surface area contributed by atoms with Crippen molar-refractivity contribution in [3.8, 4) is 5.75 Å². The molecule has 0 atom stereocenters. The minimum atomic E-state index is 0.0390. The first-order valence-electron chi connectivity index (χ1n) is 8.58. The van der Waals surface area contributed by atoms with E-state index in [9.17, 15) is 4.79 Å². The maximum absolute atomic E-state index is 12.2. The zero-order valence-corrected chi connectivity index (χ0v) is 13.9. The highest BCUT2D eigenvalue weighted by Gasteiger charge is 2.13. The average molecular weight is 324 g/mol. The van der Waals surface area contributed by atoms with Crippen molar-refractivity contribution < 1.29 is 9.53 Å². The van der Waals surface area contributed by atoms with Crippen molar-refractivity contribution in [2.45, 2.75) is 25.9 Å². The molecule has 0 unspecified atom stereocenters. The van der Waals surface area contributed by atoms with Crippen LogP contribution in [0.15, 0.2) is 54.6 Å². The van der Waals surface area contributed by atoms with Gasteiger partial charge in [-0.15, -0.1) is 0 Å². The zero-order chi connectivity index (χ0) is 16.6. The lowest BCUT2D eigenvalue weighted by atomic mass is 10.1. The topological polar surface area (TPSA) is 41.6 Å². The minimum Gasteiger partial charge on any atom is -0.489 e. The number of carbonyl (C=O) groups is 1. The van der Waals surface area contributed by atoms with E-state index in [1.807, 2.05) is 54.6 Å². The van der Waals surface area contributed by atoms with E-state index in [1.165, 1.54) is 19.3 Å². The number of hydrogen-bond donors (Lipinski definition) is 1. The predicted octanol–water partition coefficient (Wildman–Crippen LogP) is 3.69. The first-order chi connectivity index (χ1) is 11.8. The van der Waals surface area contributed by atoms with Crippen LogP contribution in [0, 0.1) is 0 Å². The number of benzene rings is 2. The molecule has 0 saturated carbocycles. The van der Waals surface area contributed by atoms with E-state index < -0.39 is 0 Å². The minimum absolute atomic E-state index is 0.0390. The smallest absolute Gasteiger partial charge is 0.238 e. The van der Waals surface area contributed by atoms with Gasteiger partial charge in [0, 0.05) is 11.8 Å². The molecule has 1 fully saturated rings. The van der Waals surface area contributed by atoms with Crippen LogP contribution in [0.4, 0.5) is 5.69 Å². The number of carbonyl (C=O) groups excluding carboxylic acids is 1. The number of rotatable bonds is 6. The Labute approximate surface area is 143 Å². The fourth-order valence-electron chi connectivity index (χ4n) is 2.93. The number of nitrogens with one attached hydrogen (secondary N) is 1. The van der Waals surface area contributed by atoms with Gasteiger partial charge in [-0.05, 0) is 43.6 Å². The Balaban J connectivity index is 1.51. The summed E-state index contributed by atoms with van der Waals surface area (Å²) in [4.78, 5) is 14.4. The fourth-order valence-corrected chi connectivity index (χ4v) is 2.93. The standard InChI is InChI=1S/C20H24N2O2/c23-20(15-22-12-5-2-6-13-22)21-18-10-7-11-19(14-18)24-16-17-8-3-1-4-9-17/h1,3-4,7-11,14H,2,5-6,12-13,15-16H2,(H,21,23). The number of amides is 1. The summed E-state index contributed by atoms with van der Waals surface area (Å²) < 4.78 is 5.80. The third-order valence-corrected chi connectivity index (χ3v) is 4.18. The molecule has 1 aliphatic heterocycles. The summed E-state index contributed by atoms with van der Waals surface area (Å²) in [5.74, 6) is 0.798. The van der Waals surface area contributed by atoms with Crippen molar-refractivity contribution in [3.05, 3.63) is 60.2 Å². The number of piperidine rings is 1. The molecule has 0 aromatic heterocycles. The van der Waals surface area contributed by atoms with Gasteiger partial charge in [-0.3, -0.25) is 9.69 Å². The molecule has 0 aliphatic carbocycles. The van der Waals surface area contributed by atoms with Crippen LogP contribution in [-0.4, -0.2) is 30.4 Å². The summed E-state index contributed by atoms with van der Waals surface area (Å²) in [5, 5.41) is 2.97. The second-order valence-corrected chi connectivity index (χ2v) is 6.19. The van der Waals surface area contributed by atoms with Crippen LogP contribution in [0.5, 0.6) is 5.75 Å². The zero-order valence-electron chi connectivity index (χ0n) is 13.9. The predicted molar refractivity (Wildman–Crippen MR) is 96.1 cm³/mol. The maximum atomic E-state index is 12.2. The van der Waals surface area contributed by atoms with Gasteiger partial charge in [0.05, 0.1) is 6.54 Å². The lowest BCUT2D eigenvalue weighted by molar-refractivity contribution is -0.117. The molecule has 0 spiro atoms. The molecule has 1 amide bonds. The van der Waals surface area contributed by atoms with E-state index >= 15 is 0 Å². The molecule has 4 heteroatoms. The second-order valence-electron chi connectivity index (χ2n) is 6.19. The number of likely N-dealkylation sites (tertiary alicyclic amines) is 1. The Morgan fingerprint density at radius 2 is 1.79 bits per heavy atom. The highest BCUT2D eigenvalue weighted by atomic mass is 16.5. The first-order valence-corrected chi connectivity index (χ1v) is 8.58. The van der Waals surface area contributed by atoms with Crippen molar-refractivity contribution in [2.75, 3.05) is 25.0 Å². The van der Waals surface area contributed by atoms with Crippen LogP contribution in [0.1, 0.15) is 24.8 Å². The molecule has 24 heavy (non-hydrogen) atoms. The Morgan fingerprint density at radius 3 is 2.58 bits per heavy atom. The monoisotopic (exact) mass is 324 g/mol. The molecule has 2 aromatic rings. The summed E-state index contributed by atoms with van der Waals surface area (Å²) in [7, 11) is 0. The Hall–Kier alpha value is -2.33. The van der Waals surface area contributed by atoms with E-state index in [0.717, 1.165) is 30.1 Å². The molecule has 0 radical (unpaired) electrons. The molecule has 3 rings (SSSR count). The fraction of sp³-hybridized carbons (Fsp3) is 0.350. The largest absolute Gasteiger partial charge is 0.489 e. The molecular weight excluding hydrogens is 300 g/mol. The lowest BCUT2D eigenvalue weighted by Crippen LogP contribution is -2.36. The molecule has 4 nitrogen and oxygen atoms in total. The van der Waals surface area contributed by atoms with Crippen LogP contribution in [-0.2, 0) is 11.4 Å². The SMILES string of the molecule is O=C(CN1CCCCC1)Nc1cccc(OCc2ccccc2)c1. The van der Waals surface area contributed by atoms with E-state index in [4.69, 9.17) is 4.74 Å². The van der Waals surface area contributed by atoms with Crippen LogP contribution < -0.4 is 10.1 Å². The Bertz CT molecular complexity index is 652. The average Bonchev–Trinajstić information content (AvgIpc) is 2.62. The molecule has 2 aromatic carbocycles. The van der Waals surface area contributed by atoms with Gasteiger partial charge in [-0.2, -0.15) is 0 Å². The van der Waals surface area contributed by atoms with E-state index in [2.05, 4.69) is 10.2 Å². The summed E-state index contributed by atoms with van der Waals surface area (Å²) >= 11 is 0. The van der Waals surface area contributed by atoms with Crippen molar-refractivity contribution in [3.63, 3.8) is 0 Å². The van der Waals surface area contributed by atoms with Gasteiger partial charge in [-0.1, -0.05) is 42.8 Å². The highest BCUT2D eigenvalue weighted by Crippen LogP contribution is 2.19. The molecule has 1 N–H and O–H groups in total. The number of ether oxygens (including phenoxy) is 1. The number of hydrogen-bond acceptors (Lipinski definition) is 3. The molecular formula is C20H24N2O2. The van der Waals surface area contributed by atoms with E-state index in [1.54, 1.807) is 0 Å². The molecule has 126 valence electrons. The summed E-state index contributed by atoms with van der Waals surface area (Å²) in [6.45, 7) is 3.03. The van der Waals surface area contributed by atoms with Gasteiger partial charge in [0.2, 0.25) is 5.91 Å². The number of nitrogens with zero attached hydrogens (tertiary/aromatic N) is 1. The van der Waals surface area contributed by atoms with Gasteiger partial charge in [-0.25, -0.2) is 0 Å². The van der Waals surface area contributed by atoms with Crippen LogP contribution >= 0.6 is 0 Å². The molecule has 0 bridgehead atoms. The quantitative estimate of drug-likeness (QED) is 0.881. The van der Waals surface area contributed by atoms with Gasteiger partial charge in [0.25, 0.3) is 0 Å². The summed E-state index contributed by atoms with van der Waals surface area (Å²) in [6, 6.07) is 17.6. The van der Waals surface area contributed by atoms with Gasteiger partial charge < -0.3 is 10.1 Å². The summed E-state index contributed by atoms with van der Waals surface area (Å²) in [5.41, 5.74) is 1.90.